The van der Waals surface area contributed by atoms with Gasteiger partial charge in [0.25, 0.3) is 0 Å². The van der Waals surface area contributed by atoms with E-state index in [0.29, 0.717) is 22.9 Å². The molecule has 0 heterocycles. The highest BCUT2D eigenvalue weighted by Gasteiger charge is 2.35. The van der Waals surface area contributed by atoms with Crippen LogP contribution in [0.25, 0.3) is 33.0 Å². The van der Waals surface area contributed by atoms with E-state index in [4.69, 9.17) is 23.2 Å². The van der Waals surface area contributed by atoms with E-state index < -0.39 is 17.0 Å². The number of phenolic OH excluding ortho intramolecular Hbond substituents is 2. The molecule has 5 rings (SSSR count). The molecule has 1 aliphatic rings. The Bertz CT molecular complexity index is 1460. The third-order valence-electron chi connectivity index (χ3n) is 6.57. The molecule has 6 heteroatoms. The van der Waals surface area contributed by atoms with Gasteiger partial charge < -0.3 is 10.2 Å². The summed E-state index contributed by atoms with van der Waals surface area (Å²) in [5.41, 5.74) is 2.39. The predicted octanol–water partition coefficient (Wildman–Crippen LogP) is 8.39. The van der Waals surface area contributed by atoms with Gasteiger partial charge in [-0.2, -0.15) is 0 Å². The van der Waals surface area contributed by atoms with Crippen molar-refractivity contribution < 1.29 is 19.0 Å². The third-order valence-corrected chi connectivity index (χ3v) is 7.04. The van der Waals surface area contributed by atoms with Crippen LogP contribution in [-0.4, -0.2) is 10.2 Å². The van der Waals surface area contributed by atoms with Crippen LogP contribution in [0.1, 0.15) is 31.4 Å². The van der Waals surface area contributed by atoms with E-state index in [1.54, 1.807) is 24.3 Å². The Hall–Kier alpha value is -2.82. The zero-order valence-corrected chi connectivity index (χ0v) is 19.5. The molecule has 2 N–H and O–H groups in total. The van der Waals surface area contributed by atoms with Crippen molar-refractivity contribution >= 4 is 34.0 Å². The molecule has 2 nitrogen and oxygen atoms in total. The van der Waals surface area contributed by atoms with Crippen molar-refractivity contribution in [1.29, 1.82) is 0 Å². The standard InChI is InChI=1S/C27H20Cl2F2O2/c1-27(2)8-7-13-9-18(16-5-3-14(28)10-20(16)30)26(33)19-12-22(32)24(25(27)23(13)19)17-6-4-15(29)11-21(17)31/h3-6,9-12,32-33H,7-8H2,1-2H3. The summed E-state index contributed by atoms with van der Waals surface area (Å²) in [5.74, 6) is -1.40. The lowest BCUT2D eigenvalue weighted by molar-refractivity contribution is 0.454. The zero-order valence-electron chi connectivity index (χ0n) is 17.9. The monoisotopic (exact) mass is 484 g/mol. The second-order valence-electron chi connectivity index (χ2n) is 9.13. The molecule has 0 saturated carbocycles. The van der Waals surface area contributed by atoms with Gasteiger partial charge >= 0.3 is 0 Å². The average Bonchev–Trinajstić information content (AvgIpc) is 2.73. The highest BCUT2D eigenvalue weighted by atomic mass is 35.5. The number of hydrogen-bond acceptors (Lipinski definition) is 2. The first-order valence-electron chi connectivity index (χ1n) is 10.5. The molecule has 0 amide bonds. The highest BCUT2D eigenvalue weighted by Crippen LogP contribution is 2.53. The van der Waals surface area contributed by atoms with Crippen molar-refractivity contribution in [3.05, 3.63) is 81.3 Å². The Morgan fingerprint density at radius 2 is 1.42 bits per heavy atom. The largest absolute Gasteiger partial charge is 0.507 e. The number of hydrogen-bond donors (Lipinski definition) is 2. The van der Waals surface area contributed by atoms with Gasteiger partial charge in [-0.3, -0.25) is 0 Å². The van der Waals surface area contributed by atoms with E-state index in [9.17, 15) is 19.0 Å². The maximum atomic E-state index is 14.9. The van der Waals surface area contributed by atoms with Gasteiger partial charge in [-0.1, -0.05) is 37.0 Å². The third kappa shape index (κ3) is 3.44. The molecule has 1 aliphatic carbocycles. The maximum absolute atomic E-state index is 14.9. The molecule has 0 atom stereocenters. The van der Waals surface area contributed by atoms with Crippen molar-refractivity contribution in [2.24, 2.45) is 0 Å². The minimum absolute atomic E-state index is 0.146. The Kier molecular flexibility index (Phi) is 5.07. The normalized spacial score (nSPS) is 14.6. The maximum Gasteiger partial charge on any atom is 0.132 e. The van der Waals surface area contributed by atoms with Gasteiger partial charge in [0.15, 0.2) is 0 Å². The van der Waals surface area contributed by atoms with Crippen molar-refractivity contribution in [3.63, 3.8) is 0 Å². The predicted molar refractivity (Wildman–Crippen MR) is 129 cm³/mol. The first-order chi connectivity index (χ1) is 15.6. The molecule has 0 radical (unpaired) electrons. The van der Waals surface area contributed by atoms with Gasteiger partial charge in [0.1, 0.15) is 23.1 Å². The second kappa shape index (κ2) is 7.61. The summed E-state index contributed by atoms with van der Waals surface area (Å²) in [4.78, 5) is 0. The zero-order chi connectivity index (χ0) is 23.7. The van der Waals surface area contributed by atoms with Crippen LogP contribution in [0.15, 0.2) is 48.5 Å². The minimum Gasteiger partial charge on any atom is -0.507 e. The van der Waals surface area contributed by atoms with Crippen LogP contribution >= 0.6 is 23.2 Å². The molecule has 168 valence electrons. The minimum atomic E-state index is -0.551. The molecule has 0 aliphatic heterocycles. The Labute approximate surface area is 200 Å². The van der Waals surface area contributed by atoms with Crippen molar-refractivity contribution in [1.82, 2.24) is 0 Å². The fraction of sp³-hybridized carbons (Fsp3) is 0.185. The van der Waals surface area contributed by atoms with Crippen LogP contribution in [-0.2, 0) is 11.8 Å². The summed E-state index contributed by atoms with van der Waals surface area (Å²) in [6.07, 6.45) is 1.42. The van der Waals surface area contributed by atoms with Gasteiger partial charge in [0.05, 0.1) is 0 Å². The second-order valence-corrected chi connectivity index (χ2v) is 10.0. The van der Waals surface area contributed by atoms with Gasteiger partial charge in [-0.25, -0.2) is 8.78 Å². The molecule has 0 unspecified atom stereocenters. The van der Waals surface area contributed by atoms with Crippen LogP contribution in [0, 0.1) is 11.6 Å². The van der Waals surface area contributed by atoms with Crippen molar-refractivity contribution in [2.45, 2.75) is 32.1 Å². The van der Waals surface area contributed by atoms with Crippen LogP contribution < -0.4 is 0 Å². The molecule has 0 spiro atoms. The summed E-state index contributed by atoms with van der Waals surface area (Å²) < 4.78 is 29.7. The van der Waals surface area contributed by atoms with Gasteiger partial charge in [-0.05, 0) is 83.3 Å². The summed E-state index contributed by atoms with van der Waals surface area (Å²) in [7, 11) is 0. The average molecular weight is 485 g/mol. The molecule has 0 aromatic heterocycles. The topological polar surface area (TPSA) is 40.5 Å². The number of phenols is 2. The van der Waals surface area contributed by atoms with E-state index in [2.05, 4.69) is 0 Å². The van der Waals surface area contributed by atoms with Gasteiger partial charge in [0.2, 0.25) is 0 Å². The Morgan fingerprint density at radius 3 is 2.03 bits per heavy atom. The number of rotatable bonds is 2. The molecule has 33 heavy (non-hydrogen) atoms. The highest BCUT2D eigenvalue weighted by molar-refractivity contribution is 6.31. The van der Waals surface area contributed by atoms with E-state index >= 15 is 0 Å². The van der Waals surface area contributed by atoms with E-state index in [-0.39, 0.29) is 32.7 Å². The van der Waals surface area contributed by atoms with Gasteiger partial charge in [-0.15, -0.1) is 0 Å². The quantitative estimate of drug-likeness (QED) is 0.299. The van der Waals surface area contributed by atoms with Crippen molar-refractivity contribution in [3.8, 4) is 33.8 Å². The fourth-order valence-corrected chi connectivity index (χ4v) is 5.29. The molecule has 4 aromatic carbocycles. The smallest absolute Gasteiger partial charge is 0.132 e. The molecular formula is C27H20Cl2F2O2. The van der Waals surface area contributed by atoms with E-state index in [0.717, 1.165) is 22.9 Å². The lowest BCUT2D eigenvalue weighted by Gasteiger charge is -2.35. The molecule has 0 saturated heterocycles. The molecule has 4 aromatic rings. The summed E-state index contributed by atoms with van der Waals surface area (Å²) in [6, 6.07) is 11.8. The number of benzene rings is 4. The number of halogens is 4. The van der Waals surface area contributed by atoms with Crippen molar-refractivity contribution in [2.75, 3.05) is 0 Å². The fourth-order valence-electron chi connectivity index (χ4n) is 4.97. The van der Waals surface area contributed by atoms with Gasteiger partial charge in [0, 0.05) is 37.7 Å². The van der Waals surface area contributed by atoms with Crippen LogP contribution in [0.2, 0.25) is 10.0 Å². The molecule has 0 fully saturated rings. The summed E-state index contributed by atoms with van der Waals surface area (Å²) in [6.45, 7) is 4.07. The molecular weight excluding hydrogens is 465 g/mol. The number of aryl methyl sites for hydroxylation is 1. The van der Waals surface area contributed by atoms with Crippen LogP contribution in [0.5, 0.6) is 11.5 Å². The van der Waals surface area contributed by atoms with E-state index in [1.165, 1.54) is 24.3 Å². The summed E-state index contributed by atoms with van der Waals surface area (Å²) in [5, 5.41) is 24.0. The van der Waals surface area contributed by atoms with Crippen LogP contribution in [0.3, 0.4) is 0 Å². The van der Waals surface area contributed by atoms with E-state index in [1.807, 2.05) is 13.8 Å². The lowest BCUT2D eigenvalue weighted by Crippen LogP contribution is -2.24. The Balaban J connectivity index is 1.90. The Morgan fingerprint density at radius 1 is 0.818 bits per heavy atom. The first kappa shape index (κ1) is 22.0. The first-order valence-corrected chi connectivity index (χ1v) is 11.3. The lowest BCUT2D eigenvalue weighted by atomic mass is 9.68. The van der Waals surface area contributed by atoms with Crippen LogP contribution in [0.4, 0.5) is 8.78 Å². The summed E-state index contributed by atoms with van der Waals surface area (Å²) >= 11 is 11.9. The SMILES string of the molecule is CC1(C)CCc2cc(-c3ccc(Cl)cc3F)c(O)c3cc(O)c(-c4ccc(Cl)cc4F)c1c23. The number of aromatic hydroxyl groups is 2. The molecule has 0 bridgehead atoms.